The molecule has 1 aliphatic heterocycles. The average Bonchev–Trinajstić information content (AvgIpc) is 2.77. The summed E-state index contributed by atoms with van der Waals surface area (Å²) in [6.45, 7) is 5.76. The van der Waals surface area contributed by atoms with Crippen molar-refractivity contribution in [2.24, 2.45) is 0 Å². The van der Waals surface area contributed by atoms with E-state index in [2.05, 4.69) is 24.4 Å². The number of nitrogens with one attached hydrogen (secondary N) is 1. The molecule has 0 spiro atoms. The Morgan fingerprint density at radius 3 is 2.40 bits per heavy atom. The summed E-state index contributed by atoms with van der Waals surface area (Å²) in [6.07, 6.45) is 16.5. The maximum atomic E-state index is 12.2. The fourth-order valence-corrected chi connectivity index (χ4v) is 4.09. The minimum atomic E-state index is -0.303. The fraction of sp³-hybridized carbons (Fsp3) is 0.731. The minimum absolute atomic E-state index is 0.178. The molecule has 170 valence electrons. The van der Waals surface area contributed by atoms with Crippen LogP contribution >= 0.6 is 0 Å². The Morgan fingerprint density at radius 1 is 1.00 bits per heavy atom. The van der Waals surface area contributed by atoms with E-state index in [9.17, 15) is 4.79 Å². The quantitative estimate of drug-likeness (QED) is 0.301. The second kappa shape index (κ2) is 15.1. The summed E-state index contributed by atoms with van der Waals surface area (Å²) in [5.41, 5.74) is 2.34. The Kier molecular flexibility index (Phi) is 12.4. The van der Waals surface area contributed by atoms with E-state index >= 15 is 0 Å². The number of benzene rings is 1. The molecule has 0 saturated heterocycles. The number of aryl methyl sites for hydroxylation is 1. The zero-order valence-electron chi connectivity index (χ0n) is 19.3. The summed E-state index contributed by atoms with van der Waals surface area (Å²) < 4.78 is 11.6. The van der Waals surface area contributed by atoms with Crippen LogP contribution in [0.25, 0.3) is 0 Å². The molecule has 0 bridgehead atoms. The van der Waals surface area contributed by atoms with Gasteiger partial charge >= 0.3 is 6.09 Å². The van der Waals surface area contributed by atoms with Crippen LogP contribution in [-0.2, 0) is 11.2 Å². The summed E-state index contributed by atoms with van der Waals surface area (Å²) in [5, 5.41) is 2.85. The molecule has 0 aliphatic carbocycles. The van der Waals surface area contributed by atoms with E-state index in [4.69, 9.17) is 9.47 Å². The maximum Gasteiger partial charge on any atom is 0.407 e. The zero-order valence-corrected chi connectivity index (χ0v) is 19.3. The highest BCUT2D eigenvalue weighted by molar-refractivity contribution is 5.67. The number of unbranched alkanes of at least 4 members (excludes halogenated alkanes) is 9. The van der Waals surface area contributed by atoms with Crippen LogP contribution in [0.1, 0.15) is 115 Å². The molecule has 4 nitrogen and oxygen atoms in total. The van der Waals surface area contributed by atoms with Gasteiger partial charge in [-0.05, 0) is 55.4 Å². The average molecular weight is 418 g/mol. The van der Waals surface area contributed by atoms with Crippen molar-refractivity contribution in [2.75, 3.05) is 13.2 Å². The van der Waals surface area contributed by atoms with Gasteiger partial charge in [-0.2, -0.15) is 0 Å². The number of hydrogen-bond acceptors (Lipinski definition) is 3. The van der Waals surface area contributed by atoms with Crippen molar-refractivity contribution in [2.45, 2.75) is 110 Å². The van der Waals surface area contributed by atoms with E-state index < -0.39 is 0 Å². The Morgan fingerprint density at radius 2 is 1.70 bits per heavy atom. The second-order valence-electron chi connectivity index (χ2n) is 8.61. The van der Waals surface area contributed by atoms with Crippen molar-refractivity contribution in [1.29, 1.82) is 0 Å². The first-order chi connectivity index (χ1) is 14.7. The summed E-state index contributed by atoms with van der Waals surface area (Å²) in [6, 6.07) is 6.30. The monoisotopic (exact) mass is 417 g/mol. The summed E-state index contributed by atoms with van der Waals surface area (Å²) in [4.78, 5) is 12.2. The number of hydrogen-bond donors (Lipinski definition) is 1. The molecule has 1 atom stereocenters. The van der Waals surface area contributed by atoms with Crippen LogP contribution in [0.15, 0.2) is 18.2 Å². The molecule has 0 fully saturated rings. The van der Waals surface area contributed by atoms with Crippen molar-refractivity contribution in [3.05, 3.63) is 29.3 Å². The first-order valence-electron chi connectivity index (χ1n) is 12.4. The third kappa shape index (κ3) is 9.40. The van der Waals surface area contributed by atoms with Gasteiger partial charge < -0.3 is 14.8 Å². The lowest BCUT2D eigenvalue weighted by Crippen LogP contribution is -2.26. The molecular weight excluding hydrogens is 374 g/mol. The maximum absolute atomic E-state index is 12.2. The normalized spacial score (nSPS) is 13.9. The minimum Gasteiger partial charge on any atom is -0.493 e. The van der Waals surface area contributed by atoms with Gasteiger partial charge in [0.05, 0.1) is 6.61 Å². The predicted octanol–water partition coefficient (Wildman–Crippen LogP) is 7.50. The van der Waals surface area contributed by atoms with Crippen molar-refractivity contribution in [1.82, 2.24) is 5.32 Å². The lowest BCUT2D eigenvalue weighted by molar-refractivity contribution is 0.0907. The lowest BCUT2D eigenvalue weighted by atomic mass is 9.97. The fourth-order valence-electron chi connectivity index (χ4n) is 4.09. The largest absolute Gasteiger partial charge is 0.493 e. The van der Waals surface area contributed by atoms with Crippen molar-refractivity contribution < 1.29 is 14.3 Å². The number of alkyl carbamates (subject to hydrolysis) is 1. The number of fused-ring (bicyclic) bond motifs is 1. The zero-order chi connectivity index (χ0) is 21.4. The van der Waals surface area contributed by atoms with Crippen LogP contribution < -0.4 is 10.1 Å². The van der Waals surface area contributed by atoms with E-state index in [1.54, 1.807) is 0 Å². The molecular formula is C26H43NO3. The molecule has 1 aliphatic rings. The van der Waals surface area contributed by atoms with Gasteiger partial charge in [0.2, 0.25) is 0 Å². The highest BCUT2D eigenvalue weighted by atomic mass is 16.6. The van der Waals surface area contributed by atoms with Crippen LogP contribution in [0.2, 0.25) is 0 Å². The summed E-state index contributed by atoms with van der Waals surface area (Å²) in [5.74, 6) is 0.984. The molecule has 1 N–H and O–H groups in total. The van der Waals surface area contributed by atoms with Gasteiger partial charge in [-0.1, -0.05) is 77.7 Å². The molecule has 1 aromatic carbocycles. The van der Waals surface area contributed by atoms with Gasteiger partial charge in [-0.15, -0.1) is 0 Å². The van der Waals surface area contributed by atoms with E-state index in [1.807, 2.05) is 13.0 Å². The van der Waals surface area contributed by atoms with Crippen molar-refractivity contribution >= 4 is 6.09 Å². The highest BCUT2D eigenvalue weighted by Gasteiger charge is 2.19. The SMILES string of the molecule is CCCCCCCCCCCCC(OC(=O)NCCC)c1ccc2c(c1)CCCO2. The molecule has 0 radical (unpaired) electrons. The first kappa shape index (κ1) is 24.6. The number of carbonyl (C=O) groups excluding carboxylic acids is 1. The third-order valence-corrected chi connectivity index (χ3v) is 5.89. The smallest absolute Gasteiger partial charge is 0.407 e. The van der Waals surface area contributed by atoms with Gasteiger partial charge in [0.25, 0.3) is 0 Å². The molecule has 1 amide bonds. The molecule has 30 heavy (non-hydrogen) atoms. The standard InChI is InChI=1S/C26H43NO3/c1-3-5-6-7-8-9-10-11-12-13-16-25(30-26(28)27-19-4-2)23-17-18-24-22(21-23)15-14-20-29-24/h17-18,21,25H,3-16,19-20H2,1-2H3,(H,27,28). The van der Waals surface area contributed by atoms with E-state index in [0.717, 1.165) is 50.0 Å². The highest BCUT2D eigenvalue weighted by Crippen LogP contribution is 2.31. The first-order valence-corrected chi connectivity index (χ1v) is 12.4. The van der Waals surface area contributed by atoms with Crippen LogP contribution in [0.4, 0.5) is 4.79 Å². The van der Waals surface area contributed by atoms with Crippen LogP contribution in [0.3, 0.4) is 0 Å². The van der Waals surface area contributed by atoms with Gasteiger partial charge in [0.15, 0.2) is 0 Å². The summed E-state index contributed by atoms with van der Waals surface area (Å²) in [7, 11) is 0. The topological polar surface area (TPSA) is 47.6 Å². The van der Waals surface area contributed by atoms with Gasteiger partial charge in [0.1, 0.15) is 11.9 Å². The van der Waals surface area contributed by atoms with Crippen LogP contribution in [0, 0.1) is 0 Å². The molecule has 0 saturated carbocycles. The third-order valence-electron chi connectivity index (χ3n) is 5.89. The van der Waals surface area contributed by atoms with E-state index in [-0.39, 0.29) is 12.2 Å². The van der Waals surface area contributed by atoms with Crippen molar-refractivity contribution in [3.63, 3.8) is 0 Å². The van der Waals surface area contributed by atoms with Gasteiger partial charge in [-0.25, -0.2) is 4.79 Å². The molecule has 0 aromatic heterocycles. The van der Waals surface area contributed by atoms with Crippen LogP contribution in [-0.4, -0.2) is 19.2 Å². The van der Waals surface area contributed by atoms with Crippen molar-refractivity contribution in [3.8, 4) is 5.75 Å². The van der Waals surface area contributed by atoms with Gasteiger partial charge in [0, 0.05) is 6.54 Å². The molecule has 1 aromatic rings. The molecule has 4 heteroatoms. The Hall–Kier alpha value is -1.71. The number of rotatable bonds is 15. The summed E-state index contributed by atoms with van der Waals surface area (Å²) >= 11 is 0. The predicted molar refractivity (Wildman–Crippen MR) is 124 cm³/mol. The Labute approximate surface area is 184 Å². The lowest BCUT2D eigenvalue weighted by Gasteiger charge is -2.22. The van der Waals surface area contributed by atoms with Crippen LogP contribution in [0.5, 0.6) is 5.75 Å². The molecule has 2 rings (SSSR count). The number of ether oxygens (including phenoxy) is 2. The molecule has 1 unspecified atom stereocenters. The second-order valence-corrected chi connectivity index (χ2v) is 8.61. The number of carbonyl (C=O) groups is 1. The molecule has 1 heterocycles. The Bertz CT molecular complexity index is 602. The van der Waals surface area contributed by atoms with E-state index in [0.29, 0.717) is 6.54 Å². The number of amides is 1. The van der Waals surface area contributed by atoms with E-state index in [1.165, 1.54) is 63.4 Å². The van der Waals surface area contributed by atoms with Gasteiger partial charge in [-0.3, -0.25) is 0 Å². The Balaban J connectivity index is 1.78.